The summed E-state index contributed by atoms with van der Waals surface area (Å²) < 4.78 is 23.8. The Hall–Kier alpha value is -2.95. The Morgan fingerprint density at radius 3 is 2.27 bits per heavy atom. The molecule has 40 heavy (non-hydrogen) atoms. The third kappa shape index (κ3) is 12.9. The summed E-state index contributed by atoms with van der Waals surface area (Å²) in [5.41, 5.74) is 2.45. The number of benzene rings is 1. The van der Waals surface area contributed by atoms with Crippen LogP contribution in [0.1, 0.15) is 112 Å². The summed E-state index contributed by atoms with van der Waals surface area (Å²) in [5, 5.41) is 0.719. The molecular formula is C35H52O5. The third-order valence-corrected chi connectivity index (χ3v) is 6.74. The highest BCUT2D eigenvalue weighted by atomic mass is 16.5. The predicted octanol–water partition coefficient (Wildman–Crippen LogP) is 10.1. The molecule has 0 spiro atoms. The van der Waals surface area contributed by atoms with Gasteiger partial charge in [0.1, 0.15) is 17.9 Å². The molecule has 0 unspecified atom stereocenters. The van der Waals surface area contributed by atoms with Crippen molar-refractivity contribution in [1.82, 2.24) is 0 Å². The van der Waals surface area contributed by atoms with Gasteiger partial charge in [-0.25, -0.2) is 4.79 Å². The summed E-state index contributed by atoms with van der Waals surface area (Å²) >= 11 is 0. The van der Waals surface area contributed by atoms with Gasteiger partial charge in [0.2, 0.25) is 5.75 Å². The van der Waals surface area contributed by atoms with E-state index in [1.807, 2.05) is 18.2 Å². The van der Waals surface area contributed by atoms with Crippen LogP contribution in [0.15, 0.2) is 62.9 Å². The van der Waals surface area contributed by atoms with Crippen molar-refractivity contribution in [3.05, 3.63) is 64.1 Å². The molecule has 0 aliphatic rings. The fourth-order valence-electron chi connectivity index (χ4n) is 4.39. The fraction of sp³-hybridized carbons (Fsp3) is 0.571. The van der Waals surface area contributed by atoms with Crippen LogP contribution in [0.3, 0.4) is 0 Å². The summed E-state index contributed by atoms with van der Waals surface area (Å²) in [5.74, 6) is 1.26. The van der Waals surface area contributed by atoms with E-state index in [0.29, 0.717) is 30.3 Å². The van der Waals surface area contributed by atoms with Crippen LogP contribution in [0.2, 0.25) is 0 Å². The largest absolute Gasteiger partial charge is 0.493 e. The molecule has 0 radical (unpaired) electrons. The van der Waals surface area contributed by atoms with E-state index in [-0.39, 0.29) is 12.4 Å². The molecule has 5 nitrogen and oxygen atoms in total. The van der Waals surface area contributed by atoms with E-state index in [2.05, 4.69) is 52.8 Å². The molecule has 2 rings (SSSR count). The highest BCUT2D eigenvalue weighted by Crippen LogP contribution is 2.35. The van der Waals surface area contributed by atoms with Gasteiger partial charge in [0.05, 0.1) is 18.6 Å². The standard InChI is InChI=1S/C35H52O5/c1-6-8-10-12-13-14-15-17-25-38-33-31-22-21-30(37-24-16-11-9-7-2)27-32(31)40-35(36)34(33)39-26-23-29(5)20-18-19-28(3)4/h9,11,19,21-23,27H,6-8,10,12-18,20,24-26H2,1-5H3/b11-9?,29-23+. The summed E-state index contributed by atoms with van der Waals surface area (Å²) in [6, 6.07) is 5.55. The van der Waals surface area contributed by atoms with E-state index in [1.54, 1.807) is 6.07 Å². The molecule has 0 aliphatic carbocycles. The van der Waals surface area contributed by atoms with Gasteiger partial charge in [-0.05, 0) is 71.1 Å². The first-order valence-electron chi connectivity index (χ1n) is 15.4. The van der Waals surface area contributed by atoms with E-state index < -0.39 is 5.63 Å². The molecule has 0 saturated heterocycles. The second-order valence-electron chi connectivity index (χ2n) is 10.7. The van der Waals surface area contributed by atoms with Crippen molar-refractivity contribution < 1.29 is 18.6 Å². The molecule has 0 N–H and O–H groups in total. The number of hydrogen-bond acceptors (Lipinski definition) is 5. The van der Waals surface area contributed by atoms with Crippen molar-refractivity contribution in [2.75, 3.05) is 19.8 Å². The minimum absolute atomic E-state index is 0.138. The molecular weight excluding hydrogens is 500 g/mol. The average Bonchev–Trinajstić information content (AvgIpc) is 2.92. The molecule has 2 aromatic rings. The molecule has 0 atom stereocenters. The smallest absolute Gasteiger partial charge is 0.383 e. The van der Waals surface area contributed by atoms with Crippen LogP contribution < -0.4 is 19.8 Å². The number of allylic oxidation sites excluding steroid dienone is 4. The summed E-state index contributed by atoms with van der Waals surface area (Å²) in [6.07, 6.45) is 22.0. The topological polar surface area (TPSA) is 57.9 Å². The molecule has 5 heteroatoms. The maximum atomic E-state index is 13.0. The molecule has 1 aromatic heterocycles. The molecule has 0 bridgehead atoms. The van der Waals surface area contributed by atoms with Gasteiger partial charge >= 0.3 is 5.63 Å². The molecule has 0 saturated carbocycles. The zero-order valence-electron chi connectivity index (χ0n) is 25.7. The molecule has 0 fully saturated rings. The third-order valence-electron chi connectivity index (χ3n) is 6.74. The lowest BCUT2D eigenvalue weighted by Gasteiger charge is -2.14. The molecule has 222 valence electrons. The Morgan fingerprint density at radius 2 is 1.55 bits per heavy atom. The first-order chi connectivity index (χ1) is 19.5. The fourth-order valence-corrected chi connectivity index (χ4v) is 4.39. The van der Waals surface area contributed by atoms with Gasteiger partial charge in [0.15, 0.2) is 5.75 Å². The van der Waals surface area contributed by atoms with E-state index in [9.17, 15) is 4.79 Å². The van der Waals surface area contributed by atoms with Crippen LogP contribution in [0.5, 0.6) is 17.2 Å². The highest BCUT2D eigenvalue weighted by Gasteiger charge is 2.18. The van der Waals surface area contributed by atoms with E-state index >= 15 is 0 Å². The number of fused-ring (bicyclic) bond motifs is 1. The second kappa shape index (κ2) is 20.0. The second-order valence-corrected chi connectivity index (χ2v) is 10.7. The summed E-state index contributed by atoms with van der Waals surface area (Å²) in [7, 11) is 0. The van der Waals surface area contributed by atoms with Crippen LogP contribution in [0, 0.1) is 0 Å². The van der Waals surface area contributed by atoms with Gasteiger partial charge in [-0.1, -0.05) is 88.2 Å². The summed E-state index contributed by atoms with van der Waals surface area (Å²) in [4.78, 5) is 13.0. The van der Waals surface area contributed by atoms with Crippen LogP contribution in [0.25, 0.3) is 11.0 Å². The maximum absolute atomic E-state index is 13.0. The lowest BCUT2D eigenvalue weighted by molar-refractivity contribution is 0.269. The van der Waals surface area contributed by atoms with Gasteiger partial charge in [0, 0.05) is 6.07 Å². The Labute approximate surface area is 242 Å². The lowest BCUT2D eigenvalue weighted by Crippen LogP contribution is -2.11. The van der Waals surface area contributed by atoms with E-state index in [0.717, 1.165) is 43.9 Å². The Balaban J connectivity index is 2.12. The van der Waals surface area contributed by atoms with Crippen LogP contribution in [-0.2, 0) is 0 Å². The first kappa shape index (κ1) is 33.3. The van der Waals surface area contributed by atoms with Gasteiger partial charge in [-0.3, -0.25) is 0 Å². The zero-order valence-corrected chi connectivity index (χ0v) is 25.7. The maximum Gasteiger partial charge on any atom is 0.383 e. The van der Waals surface area contributed by atoms with Crippen LogP contribution in [0.4, 0.5) is 0 Å². The zero-order chi connectivity index (χ0) is 29.0. The number of unbranched alkanes of at least 4 members (excludes halogenated alkanes) is 7. The lowest BCUT2D eigenvalue weighted by atomic mass is 10.1. The number of ether oxygens (including phenoxy) is 3. The Kier molecular flexibility index (Phi) is 16.6. The van der Waals surface area contributed by atoms with Crippen molar-refractivity contribution in [1.29, 1.82) is 0 Å². The van der Waals surface area contributed by atoms with Gasteiger partial charge in [-0.2, -0.15) is 0 Å². The van der Waals surface area contributed by atoms with Gasteiger partial charge < -0.3 is 18.6 Å². The monoisotopic (exact) mass is 552 g/mol. The molecule has 1 aromatic carbocycles. The van der Waals surface area contributed by atoms with E-state index in [1.165, 1.54) is 49.7 Å². The highest BCUT2D eigenvalue weighted by molar-refractivity contribution is 5.86. The average molecular weight is 553 g/mol. The van der Waals surface area contributed by atoms with Crippen molar-refractivity contribution in [3.8, 4) is 17.2 Å². The van der Waals surface area contributed by atoms with Crippen molar-refractivity contribution in [3.63, 3.8) is 0 Å². The summed E-state index contributed by atoms with van der Waals surface area (Å²) in [6.45, 7) is 12.0. The van der Waals surface area contributed by atoms with E-state index in [4.69, 9.17) is 18.6 Å². The van der Waals surface area contributed by atoms with Crippen molar-refractivity contribution in [2.24, 2.45) is 0 Å². The SMILES string of the molecule is CCC=CCCOc1ccc2c(OCCCCCCCCCC)c(OC/C=C(\C)CCC=C(C)C)c(=O)oc2c1. The number of rotatable bonds is 21. The van der Waals surface area contributed by atoms with Gasteiger partial charge in [0.25, 0.3) is 0 Å². The first-order valence-corrected chi connectivity index (χ1v) is 15.4. The van der Waals surface area contributed by atoms with Crippen molar-refractivity contribution >= 4 is 11.0 Å². The van der Waals surface area contributed by atoms with Gasteiger partial charge in [-0.15, -0.1) is 0 Å². The number of hydrogen-bond donors (Lipinski definition) is 0. The van der Waals surface area contributed by atoms with Crippen molar-refractivity contribution in [2.45, 2.75) is 112 Å². The Bertz CT molecular complexity index is 1130. The van der Waals surface area contributed by atoms with Crippen LogP contribution in [-0.4, -0.2) is 19.8 Å². The molecule has 1 heterocycles. The van der Waals surface area contributed by atoms with Crippen LogP contribution >= 0.6 is 0 Å². The Morgan fingerprint density at radius 1 is 0.800 bits per heavy atom. The predicted molar refractivity (Wildman–Crippen MR) is 168 cm³/mol. The quantitative estimate of drug-likeness (QED) is 0.0876. The molecule has 0 amide bonds. The molecule has 0 aliphatic heterocycles. The minimum atomic E-state index is -0.531. The normalized spacial score (nSPS) is 11.8. The minimum Gasteiger partial charge on any atom is -0.493 e.